The Bertz CT molecular complexity index is 407. The van der Waals surface area contributed by atoms with Gasteiger partial charge in [-0.2, -0.15) is 0 Å². The van der Waals surface area contributed by atoms with Crippen LogP contribution in [0.25, 0.3) is 0 Å². The van der Waals surface area contributed by atoms with E-state index in [0.717, 1.165) is 21.8 Å². The van der Waals surface area contributed by atoms with Crippen LogP contribution in [0.1, 0.15) is 25.8 Å². The molecule has 0 radical (unpaired) electrons. The fourth-order valence-corrected chi connectivity index (χ4v) is 3.17. The highest BCUT2D eigenvalue weighted by Gasteiger charge is 2.14. The maximum absolute atomic E-state index is 8.87. The van der Waals surface area contributed by atoms with Gasteiger partial charge in [-0.3, -0.25) is 0 Å². The van der Waals surface area contributed by atoms with Gasteiger partial charge in [0.05, 0.1) is 0 Å². The SMILES string of the molecule is CCC(C)Sc1cccc(SC)c1/C(N)=N/O. The van der Waals surface area contributed by atoms with E-state index in [4.69, 9.17) is 10.9 Å². The summed E-state index contributed by atoms with van der Waals surface area (Å²) in [5.41, 5.74) is 6.60. The third-order valence-corrected chi connectivity index (χ3v) is 4.58. The van der Waals surface area contributed by atoms with Crippen LogP contribution >= 0.6 is 23.5 Å². The van der Waals surface area contributed by atoms with E-state index in [-0.39, 0.29) is 5.84 Å². The number of oxime groups is 1. The monoisotopic (exact) mass is 270 g/mol. The van der Waals surface area contributed by atoms with Crippen LogP contribution in [0.5, 0.6) is 0 Å². The number of rotatable bonds is 5. The molecule has 0 bridgehead atoms. The Hall–Kier alpha value is -0.810. The molecular weight excluding hydrogens is 252 g/mol. The molecule has 5 heteroatoms. The first kappa shape index (κ1) is 14.3. The number of amidine groups is 1. The van der Waals surface area contributed by atoms with Crippen molar-refractivity contribution in [2.45, 2.75) is 35.3 Å². The Morgan fingerprint density at radius 3 is 2.65 bits per heavy atom. The zero-order valence-electron chi connectivity index (χ0n) is 10.3. The summed E-state index contributed by atoms with van der Waals surface area (Å²) in [5, 5.41) is 12.5. The summed E-state index contributed by atoms with van der Waals surface area (Å²) in [5.74, 6) is 0.181. The van der Waals surface area contributed by atoms with Gasteiger partial charge in [0, 0.05) is 20.6 Å². The molecule has 0 aliphatic rings. The molecule has 94 valence electrons. The molecule has 1 aromatic rings. The van der Waals surface area contributed by atoms with Gasteiger partial charge >= 0.3 is 0 Å². The van der Waals surface area contributed by atoms with Gasteiger partial charge < -0.3 is 10.9 Å². The van der Waals surface area contributed by atoms with Gasteiger partial charge in [-0.15, -0.1) is 23.5 Å². The molecule has 1 atom stereocenters. The number of hydrogen-bond donors (Lipinski definition) is 2. The van der Waals surface area contributed by atoms with Crippen LogP contribution < -0.4 is 5.73 Å². The fraction of sp³-hybridized carbons (Fsp3) is 0.417. The predicted molar refractivity (Wildman–Crippen MR) is 76.3 cm³/mol. The van der Waals surface area contributed by atoms with Gasteiger partial charge in [0.25, 0.3) is 0 Å². The van der Waals surface area contributed by atoms with E-state index in [1.807, 2.05) is 24.5 Å². The van der Waals surface area contributed by atoms with Crippen molar-refractivity contribution < 1.29 is 5.21 Å². The number of hydrogen-bond acceptors (Lipinski definition) is 4. The Morgan fingerprint density at radius 2 is 2.12 bits per heavy atom. The number of thioether (sulfide) groups is 2. The standard InChI is InChI=1S/C12H18N2OS2/c1-4-8(2)17-10-7-5-6-9(16-3)11(10)12(13)14-15/h5-8,15H,4H2,1-3H3,(H2,13,14). The summed E-state index contributed by atoms with van der Waals surface area (Å²) in [7, 11) is 0. The maximum atomic E-state index is 8.87. The molecule has 0 aromatic heterocycles. The van der Waals surface area contributed by atoms with E-state index in [1.165, 1.54) is 0 Å². The van der Waals surface area contributed by atoms with Crippen LogP contribution in [0.2, 0.25) is 0 Å². The number of nitrogens with two attached hydrogens (primary N) is 1. The summed E-state index contributed by atoms with van der Waals surface area (Å²) in [6.07, 6.45) is 3.07. The van der Waals surface area contributed by atoms with E-state index >= 15 is 0 Å². The van der Waals surface area contributed by atoms with E-state index < -0.39 is 0 Å². The highest BCUT2D eigenvalue weighted by Crippen LogP contribution is 2.33. The van der Waals surface area contributed by atoms with Crippen molar-refractivity contribution in [3.8, 4) is 0 Å². The molecule has 0 fully saturated rings. The van der Waals surface area contributed by atoms with Crippen molar-refractivity contribution in [3.05, 3.63) is 23.8 Å². The second kappa shape index (κ2) is 6.81. The van der Waals surface area contributed by atoms with Gasteiger partial charge in [-0.25, -0.2) is 0 Å². The number of benzene rings is 1. The Morgan fingerprint density at radius 1 is 1.47 bits per heavy atom. The van der Waals surface area contributed by atoms with Crippen molar-refractivity contribution in [2.24, 2.45) is 10.9 Å². The van der Waals surface area contributed by atoms with Gasteiger partial charge in [0.2, 0.25) is 0 Å². The third-order valence-electron chi connectivity index (χ3n) is 2.47. The molecule has 0 saturated carbocycles. The van der Waals surface area contributed by atoms with E-state index in [0.29, 0.717) is 5.25 Å². The van der Waals surface area contributed by atoms with Crippen LogP contribution in [0.15, 0.2) is 33.1 Å². The molecule has 3 nitrogen and oxygen atoms in total. The van der Waals surface area contributed by atoms with Crippen molar-refractivity contribution in [3.63, 3.8) is 0 Å². The quantitative estimate of drug-likeness (QED) is 0.283. The first-order valence-corrected chi connectivity index (χ1v) is 7.56. The fourth-order valence-electron chi connectivity index (χ4n) is 1.38. The molecule has 3 N–H and O–H groups in total. The lowest BCUT2D eigenvalue weighted by Crippen LogP contribution is -2.16. The molecule has 1 aromatic carbocycles. The van der Waals surface area contributed by atoms with Crippen LogP contribution in [0.3, 0.4) is 0 Å². The Kier molecular flexibility index (Phi) is 5.71. The highest BCUT2D eigenvalue weighted by atomic mass is 32.2. The summed E-state index contributed by atoms with van der Waals surface area (Å²) in [4.78, 5) is 2.11. The maximum Gasteiger partial charge on any atom is 0.172 e. The van der Waals surface area contributed by atoms with Gasteiger partial charge in [0.15, 0.2) is 5.84 Å². The topological polar surface area (TPSA) is 58.6 Å². The lowest BCUT2D eigenvalue weighted by Gasteiger charge is -2.14. The Balaban J connectivity index is 3.19. The molecule has 1 rings (SSSR count). The predicted octanol–water partition coefficient (Wildman–Crippen LogP) is 3.39. The first-order chi connectivity index (χ1) is 8.13. The third kappa shape index (κ3) is 3.57. The molecule has 0 spiro atoms. The van der Waals surface area contributed by atoms with Gasteiger partial charge in [-0.05, 0) is 24.8 Å². The minimum absolute atomic E-state index is 0.181. The smallest absolute Gasteiger partial charge is 0.172 e. The molecule has 0 heterocycles. The minimum Gasteiger partial charge on any atom is -0.409 e. The second-order valence-corrected chi connectivity index (χ2v) is 5.98. The van der Waals surface area contributed by atoms with Crippen molar-refractivity contribution in [1.82, 2.24) is 0 Å². The molecule has 1 unspecified atom stereocenters. The average Bonchev–Trinajstić information content (AvgIpc) is 2.37. The zero-order chi connectivity index (χ0) is 12.8. The van der Waals surface area contributed by atoms with Crippen LogP contribution in [-0.4, -0.2) is 22.5 Å². The highest BCUT2D eigenvalue weighted by molar-refractivity contribution is 8.00. The van der Waals surface area contributed by atoms with Crippen LogP contribution in [-0.2, 0) is 0 Å². The first-order valence-electron chi connectivity index (χ1n) is 5.45. The lowest BCUT2D eigenvalue weighted by molar-refractivity contribution is 0.318. The normalized spacial score (nSPS) is 13.7. The van der Waals surface area contributed by atoms with E-state index in [9.17, 15) is 0 Å². The molecule has 0 aliphatic carbocycles. The molecule has 0 amide bonds. The number of nitrogens with zero attached hydrogens (tertiary/aromatic N) is 1. The molecular formula is C12H18N2OS2. The van der Waals surface area contributed by atoms with Gasteiger partial charge in [-0.1, -0.05) is 25.1 Å². The lowest BCUT2D eigenvalue weighted by atomic mass is 10.2. The summed E-state index contributed by atoms with van der Waals surface area (Å²) < 4.78 is 0. The molecule has 0 saturated heterocycles. The van der Waals surface area contributed by atoms with Crippen molar-refractivity contribution in [1.29, 1.82) is 0 Å². The minimum atomic E-state index is 0.181. The summed E-state index contributed by atoms with van der Waals surface area (Å²) in [6, 6.07) is 6.01. The van der Waals surface area contributed by atoms with E-state index in [2.05, 4.69) is 19.0 Å². The zero-order valence-corrected chi connectivity index (χ0v) is 11.9. The Labute approximate surface area is 111 Å². The van der Waals surface area contributed by atoms with Gasteiger partial charge in [0.1, 0.15) is 0 Å². The molecule has 0 aliphatic heterocycles. The largest absolute Gasteiger partial charge is 0.409 e. The second-order valence-electron chi connectivity index (χ2n) is 3.66. The van der Waals surface area contributed by atoms with Crippen LogP contribution in [0.4, 0.5) is 0 Å². The van der Waals surface area contributed by atoms with Crippen molar-refractivity contribution in [2.75, 3.05) is 6.26 Å². The molecule has 17 heavy (non-hydrogen) atoms. The van der Waals surface area contributed by atoms with Crippen molar-refractivity contribution >= 4 is 29.4 Å². The average molecular weight is 270 g/mol. The summed E-state index contributed by atoms with van der Waals surface area (Å²) >= 11 is 3.36. The van der Waals surface area contributed by atoms with E-state index in [1.54, 1.807) is 23.5 Å². The summed E-state index contributed by atoms with van der Waals surface area (Å²) in [6.45, 7) is 4.33. The van der Waals surface area contributed by atoms with Crippen LogP contribution in [0, 0.1) is 0 Å².